The molecule has 5 heteroatoms. The Kier molecular flexibility index (Phi) is 5.96. The van der Waals surface area contributed by atoms with Gasteiger partial charge in [0.05, 0.1) is 5.56 Å². The van der Waals surface area contributed by atoms with Crippen LogP contribution in [-0.2, 0) is 6.42 Å². The molecule has 154 valence electrons. The second-order valence-corrected chi connectivity index (χ2v) is 8.38. The van der Waals surface area contributed by atoms with Crippen LogP contribution >= 0.6 is 11.3 Å². The van der Waals surface area contributed by atoms with Crippen molar-refractivity contribution in [3.05, 3.63) is 112 Å². The Bertz CT molecular complexity index is 1210. The van der Waals surface area contributed by atoms with Gasteiger partial charge < -0.3 is 11.1 Å². The second kappa shape index (κ2) is 8.98. The van der Waals surface area contributed by atoms with Crippen LogP contribution in [0.3, 0.4) is 0 Å². The molecule has 1 aromatic heterocycles. The van der Waals surface area contributed by atoms with Crippen LogP contribution in [0.15, 0.2) is 84.9 Å². The number of thiophene rings is 1. The Labute approximate surface area is 185 Å². The number of hydrogen-bond donors (Lipinski definition) is 2. The van der Waals surface area contributed by atoms with Crippen molar-refractivity contribution < 1.29 is 9.59 Å². The van der Waals surface area contributed by atoms with Crippen LogP contribution < -0.4 is 11.1 Å². The number of rotatable bonds is 6. The number of benzene rings is 3. The van der Waals surface area contributed by atoms with Crippen LogP contribution in [0.5, 0.6) is 0 Å². The lowest BCUT2D eigenvalue weighted by Crippen LogP contribution is -2.17. The van der Waals surface area contributed by atoms with Crippen LogP contribution in [0.4, 0.5) is 5.00 Å². The predicted molar refractivity (Wildman–Crippen MR) is 127 cm³/mol. The van der Waals surface area contributed by atoms with Crippen LogP contribution in [0.2, 0.25) is 0 Å². The van der Waals surface area contributed by atoms with Crippen molar-refractivity contribution in [3.63, 3.8) is 0 Å². The van der Waals surface area contributed by atoms with Gasteiger partial charge in [-0.15, -0.1) is 11.3 Å². The fourth-order valence-electron chi connectivity index (χ4n) is 3.52. The first-order valence-electron chi connectivity index (χ1n) is 9.96. The van der Waals surface area contributed by atoms with Gasteiger partial charge in [-0.1, -0.05) is 72.8 Å². The summed E-state index contributed by atoms with van der Waals surface area (Å²) in [6, 6.07) is 27.4. The average Bonchev–Trinajstić information content (AvgIpc) is 3.09. The number of carbonyl (C=O) groups excluding carboxylic acids is 2. The van der Waals surface area contributed by atoms with Crippen molar-refractivity contribution in [3.8, 4) is 11.1 Å². The minimum Gasteiger partial charge on any atom is -0.365 e. The summed E-state index contributed by atoms with van der Waals surface area (Å²) < 4.78 is 0. The van der Waals surface area contributed by atoms with Crippen molar-refractivity contribution >= 4 is 28.2 Å². The number of hydrogen-bond acceptors (Lipinski definition) is 3. The maximum absolute atomic E-state index is 12.9. The largest absolute Gasteiger partial charge is 0.365 e. The standard InChI is InChI=1S/C26H22N2O2S/c1-17-22(16-18-8-4-2-5-9-18)31-26(23(17)24(27)29)28-25(30)21-14-12-20(13-15-21)19-10-6-3-7-11-19/h2-15H,16H2,1H3,(H2,27,29)(H,28,30). The molecule has 0 spiro atoms. The van der Waals surface area contributed by atoms with Crippen molar-refractivity contribution in [2.75, 3.05) is 5.32 Å². The molecule has 0 bridgehead atoms. The zero-order chi connectivity index (χ0) is 21.8. The van der Waals surface area contributed by atoms with Gasteiger partial charge in [0.1, 0.15) is 5.00 Å². The molecule has 0 saturated heterocycles. The number of nitrogens with one attached hydrogen (secondary N) is 1. The van der Waals surface area contributed by atoms with Crippen LogP contribution in [0.1, 0.15) is 36.7 Å². The Morgan fingerprint density at radius 2 is 1.42 bits per heavy atom. The van der Waals surface area contributed by atoms with Crippen LogP contribution in [0.25, 0.3) is 11.1 Å². The normalized spacial score (nSPS) is 10.6. The molecule has 31 heavy (non-hydrogen) atoms. The van der Waals surface area contributed by atoms with Crippen molar-refractivity contribution in [1.82, 2.24) is 0 Å². The van der Waals surface area contributed by atoms with Crippen molar-refractivity contribution in [2.24, 2.45) is 5.73 Å². The highest BCUT2D eigenvalue weighted by Crippen LogP contribution is 2.34. The van der Waals surface area contributed by atoms with Crippen molar-refractivity contribution in [2.45, 2.75) is 13.3 Å². The third-order valence-electron chi connectivity index (χ3n) is 5.18. The zero-order valence-corrected chi connectivity index (χ0v) is 17.9. The Hall–Kier alpha value is -3.70. The molecule has 4 rings (SSSR count). The molecule has 0 aliphatic rings. The summed E-state index contributed by atoms with van der Waals surface area (Å²) in [6.45, 7) is 1.87. The van der Waals surface area contributed by atoms with Gasteiger partial charge in [0.15, 0.2) is 0 Å². The minimum absolute atomic E-state index is 0.269. The zero-order valence-electron chi connectivity index (χ0n) is 17.1. The molecule has 0 atom stereocenters. The first kappa shape index (κ1) is 20.6. The third kappa shape index (κ3) is 4.57. The molecule has 3 N–H and O–H groups in total. The van der Waals surface area contributed by atoms with E-state index in [0.717, 1.165) is 27.1 Å². The van der Waals surface area contributed by atoms with E-state index in [1.165, 1.54) is 11.3 Å². The molecule has 3 aromatic carbocycles. The maximum Gasteiger partial charge on any atom is 0.256 e. The Morgan fingerprint density at radius 1 is 0.839 bits per heavy atom. The van der Waals surface area contributed by atoms with Gasteiger partial charge >= 0.3 is 0 Å². The summed E-state index contributed by atoms with van der Waals surface area (Å²) in [6.07, 6.45) is 0.680. The van der Waals surface area contributed by atoms with E-state index in [4.69, 9.17) is 5.73 Å². The van der Waals surface area contributed by atoms with E-state index in [2.05, 4.69) is 5.32 Å². The van der Waals surface area contributed by atoms with Gasteiger partial charge in [-0.3, -0.25) is 9.59 Å². The fraction of sp³-hybridized carbons (Fsp3) is 0.0769. The summed E-state index contributed by atoms with van der Waals surface area (Å²) >= 11 is 1.40. The van der Waals surface area contributed by atoms with E-state index in [1.807, 2.05) is 79.7 Å². The average molecular weight is 427 g/mol. The number of anilines is 1. The summed E-state index contributed by atoms with van der Waals surface area (Å²) in [4.78, 5) is 26.0. The molecular formula is C26H22N2O2S. The molecule has 2 amide bonds. The molecule has 0 radical (unpaired) electrons. The molecule has 0 aliphatic heterocycles. The molecule has 4 nitrogen and oxygen atoms in total. The Balaban J connectivity index is 1.57. The first-order chi connectivity index (χ1) is 15.0. The minimum atomic E-state index is -0.539. The van der Waals surface area contributed by atoms with E-state index in [-0.39, 0.29) is 5.91 Å². The summed E-state index contributed by atoms with van der Waals surface area (Å²) in [5.74, 6) is -0.808. The predicted octanol–water partition coefficient (Wildman–Crippen LogP) is 5.67. The first-order valence-corrected chi connectivity index (χ1v) is 10.8. The lowest BCUT2D eigenvalue weighted by Gasteiger charge is -2.07. The lowest BCUT2D eigenvalue weighted by molar-refractivity contribution is 0.100. The molecule has 0 unspecified atom stereocenters. The van der Waals surface area contributed by atoms with E-state index >= 15 is 0 Å². The second-order valence-electron chi connectivity index (χ2n) is 7.28. The van der Waals surface area contributed by atoms with Crippen molar-refractivity contribution in [1.29, 1.82) is 0 Å². The van der Waals surface area contributed by atoms with Gasteiger partial charge in [-0.05, 0) is 41.3 Å². The van der Waals surface area contributed by atoms with Gasteiger partial charge in [0, 0.05) is 16.9 Å². The lowest BCUT2D eigenvalue weighted by atomic mass is 10.0. The number of amides is 2. The number of carbonyl (C=O) groups is 2. The summed E-state index contributed by atoms with van der Waals surface area (Å²) in [7, 11) is 0. The van der Waals surface area contributed by atoms with Gasteiger partial charge in [-0.25, -0.2) is 0 Å². The molecular weight excluding hydrogens is 404 g/mol. The fourth-order valence-corrected chi connectivity index (χ4v) is 4.75. The highest BCUT2D eigenvalue weighted by molar-refractivity contribution is 7.17. The maximum atomic E-state index is 12.9. The number of primary amides is 1. The Morgan fingerprint density at radius 3 is 2.03 bits per heavy atom. The van der Waals surface area contributed by atoms with E-state index < -0.39 is 5.91 Å². The molecule has 1 heterocycles. The topological polar surface area (TPSA) is 72.2 Å². The molecule has 0 aliphatic carbocycles. The monoisotopic (exact) mass is 426 g/mol. The third-order valence-corrected chi connectivity index (χ3v) is 6.39. The van der Waals surface area contributed by atoms with Gasteiger partial charge in [0.25, 0.3) is 11.8 Å². The summed E-state index contributed by atoms with van der Waals surface area (Å²) in [5.41, 5.74) is 10.6. The molecule has 0 saturated carbocycles. The molecule has 4 aromatic rings. The quantitative estimate of drug-likeness (QED) is 0.417. The number of nitrogens with two attached hydrogens (primary N) is 1. The van der Waals surface area contributed by atoms with Crippen LogP contribution in [-0.4, -0.2) is 11.8 Å². The summed E-state index contributed by atoms with van der Waals surface area (Å²) in [5, 5.41) is 3.39. The highest BCUT2D eigenvalue weighted by Gasteiger charge is 2.21. The van der Waals surface area contributed by atoms with Gasteiger partial charge in [-0.2, -0.15) is 0 Å². The van der Waals surface area contributed by atoms with Crippen LogP contribution in [0, 0.1) is 6.92 Å². The molecule has 0 fully saturated rings. The van der Waals surface area contributed by atoms with E-state index in [0.29, 0.717) is 22.5 Å². The van der Waals surface area contributed by atoms with E-state index in [9.17, 15) is 9.59 Å². The van der Waals surface area contributed by atoms with Gasteiger partial charge in [0.2, 0.25) is 0 Å². The smallest absolute Gasteiger partial charge is 0.256 e. The van der Waals surface area contributed by atoms with E-state index in [1.54, 1.807) is 12.1 Å². The SMILES string of the molecule is Cc1c(Cc2ccccc2)sc(NC(=O)c2ccc(-c3ccccc3)cc2)c1C(N)=O. The highest BCUT2D eigenvalue weighted by atomic mass is 32.1.